The zero-order valence-electron chi connectivity index (χ0n) is 21.1. The van der Waals surface area contributed by atoms with Gasteiger partial charge in [-0.3, -0.25) is 14.7 Å². The van der Waals surface area contributed by atoms with Crippen molar-refractivity contribution < 1.29 is 24.2 Å². The van der Waals surface area contributed by atoms with E-state index in [1.807, 2.05) is 11.8 Å². The van der Waals surface area contributed by atoms with Gasteiger partial charge in [-0.25, -0.2) is 14.6 Å². The van der Waals surface area contributed by atoms with Gasteiger partial charge in [-0.2, -0.15) is 11.8 Å². The first-order chi connectivity index (χ1) is 16.9. The van der Waals surface area contributed by atoms with Crippen LogP contribution in [0.25, 0.3) is 0 Å². The second-order valence-corrected chi connectivity index (χ2v) is 11.4. The van der Waals surface area contributed by atoms with Gasteiger partial charge in [0.15, 0.2) is 5.96 Å². The number of amides is 2. The average molecular weight is 524 g/mol. The molecule has 0 spiro atoms. The van der Waals surface area contributed by atoms with E-state index in [9.17, 15) is 19.5 Å². The molecule has 1 saturated heterocycles. The summed E-state index contributed by atoms with van der Waals surface area (Å²) in [6.07, 6.45) is 3.36. The van der Waals surface area contributed by atoms with Crippen molar-refractivity contribution in [3.8, 4) is 0 Å². The van der Waals surface area contributed by atoms with Crippen molar-refractivity contribution >= 4 is 35.7 Å². The number of fused-ring (bicyclic) bond motifs is 1. The molecule has 0 aromatic carbocycles. The maximum atomic E-state index is 13.3. The molecule has 12 nitrogen and oxygen atoms in total. The number of rotatable bonds is 8. The maximum Gasteiger partial charge on any atom is 0.411 e. The number of carboxylic acid groups (broad SMARTS) is 1. The summed E-state index contributed by atoms with van der Waals surface area (Å²) in [5.74, 6) is 0.104. The SMILES string of the molecule is CC(C)(C)OC(=O)N1Cc2[nH]c(C3CCCCS3)nc2C[C@H]1C(=O)N[C@@H](CCCN=C(N)N)C(=O)O. The van der Waals surface area contributed by atoms with Crippen LogP contribution in [0.5, 0.6) is 0 Å². The highest BCUT2D eigenvalue weighted by Crippen LogP contribution is 2.38. The van der Waals surface area contributed by atoms with Crippen molar-refractivity contribution in [2.45, 2.75) is 88.8 Å². The summed E-state index contributed by atoms with van der Waals surface area (Å²) < 4.78 is 5.56. The van der Waals surface area contributed by atoms with Gasteiger partial charge in [0.25, 0.3) is 0 Å². The first-order valence-electron chi connectivity index (χ1n) is 12.2. The van der Waals surface area contributed by atoms with Crippen LogP contribution in [0.4, 0.5) is 4.79 Å². The number of thioether (sulfide) groups is 1. The molecule has 3 atom stereocenters. The summed E-state index contributed by atoms with van der Waals surface area (Å²) in [5.41, 5.74) is 11.3. The van der Waals surface area contributed by atoms with Gasteiger partial charge in [0.05, 0.1) is 23.2 Å². The Morgan fingerprint density at radius 2 is 2.08 bits per heavy atom. The third-order valence-electron chi connectivity index (χ3n) is 5.95. The summed E-state index contributed by atoms with van der Waals surface area (Å²) in [4.78, 5) is 51.5. The van der Waals surface area contributed by atoms with E-state index in [-0.39, 0.29) is 37.1 Å². The highest BCUT2D eigenvalue weighted by Gasteiger charge is 2.40. The number of nitrogens with two attached hydrogens (primary N) is 2. The number of imidazole rings is 1. The van der Waals surface area contributed by atoms with Gasteiger partial charge in [-0.15, -0.1) is 0 Å². The van der Waals surface area contributed by atoms with Gasteiger partial charge in [-0.1, -0.05) is 6.42 Å². The molecule has 1 aromatic rings. The van der Waals surface area contributed by atoms with E-state index in [2.05, 4.69) is 15.3 Å². The number of carbonyl (C=O) groups is 3. The van der Waals surface area contributed by atoms with Crippen LogP contribution in [0.1, 0.15) is 75.3 Å². The van der Waals surface area contributed by atoms with Gasteiger partial charge >= 0.3 is 12.1 Å². The molecule has 0 bridgehead atoms. The van der Waals surface area contributed by atoms with Crippen molar-refractivity contribution in [3.05, 3.63) is 17.2 Å². The number of aromatic amines is 1. The summed E-state index contributed by atoms with van der Waals surface area (Å²) in [5, 5.41) is 12.5. The fourth-order valence-corrected chi connectivity index (χ4v) is 5.48. The number of carboxylic acids is 1. The van der Waals surface area contributed by atoms with Gasteiger partial charge in [0, 0.05) is 13.0 Å². The predicted octanol–water partition coefficient (Wildman–Crippen LogP) is 1.65. The molecule has 2 amide bonds. The van der Waals surface area contributed by atoms with Gasteiger partial charge in [0.1, 0.15) is 23.5 Å². The molecule has 0 aliphatic carbocycles. The minimum absolute atomic E-state index is 0.0816. The number of aliphatic imine (C=N–C) groups is 1. The van der Waals surface area contributed by atoms with Gasteiger partial charge in [0.2, 0.25) is 5.91 Å². The number of hydrogen-bond donors (Lipinski definition) is 5. The lowest BCUT2D eigenvalue weighted by Crippen LogP contribution is -2.56. The van der Waals surface area contributed by atoms with Crippen molar-refractivity contribution in [2.75, 3.05) is 12.3 Å². The highest BCUT2D eigenvalue weighted by molar-refractivity contribution is 7.99. The largest absolute Gasteiger partial charge is 0.480 e. The van der Waals surface area contributed by atoms with E-state index in [1.54, 1.807) is 20.8 Å². The van der Waals surface area contributed by atoms with Gasteiger partial charge in [-0.05, 0) is 52.2 Å². The van der Waals surface area contributed by atoms with E-state index in [4.69, 9.17) is 21.2 Å². The summed E-state index contributed by atoms with van der Waals surface area (Å²) in [6, 6.07) is -2.11. The Kier molecular flexibility index (Phi) is 9.09. The molecule has 2 aliphatic rings. The molecule has 1 fully saturated rings. The van der Waals surface area contributed by atoms with Crippen molar-refractivity contribution in [1.29, 1.82) is 0 Å². The summed E-state index contributed by atoms with van der Waals surface area (Å²) in [6.45, 7) is 5.62. The Labute approximate surface area is 215 Å². The van der Waals surface area contributed by atoms with E-state index in [1.165, 1.54) is 11.3 Å². The third kappa shape index (κ3) is 7.52. The van der Waals surface area contributed by atoms with Crippen LogP contribution in [0, 0.1) is 0 Å². The molecule has 0 saturated carbocycles. The smallest absolute Gasteiger partial charge is 0.411 e. The molecule has 3 heterocycles. The summed E-state index contributed by atoms with van der Waals surface area (Å²) >= 11 is 1.86. The topological polar surface area (TPSA) is 189 Å². The van der Waals surface area contributed by atoms with Crippen LogP contribution in [-0.4, -0.2) is 73.9 Å². The van der Waals surface area contributed by atoms with E-state index < -0.39 is 35.7 Å². The maximum absolute atomic E-state index is 13.3. The lowest BCUT2D eigenvalue weighted by Gasteiger charge is -2.35. The Balaban J connectivity index is 1.79. The molecule has 7 N–H and O–H groups in total. The van der Waals surface area contributed by atoms with Crippen LogP contribution in [0.15, 0.2) is 4.99 Å². The molecule has 200 valence electrons. The molecule has 2 aliphatic heterocycles. The normalized spacial score (nSPS) is 20.7. The second kappa shape index (κ2) is 11.8. The number of nitrogens with one attached hydrogen (secondary N) is 2. The van der Waals surface area contributed by atoms with E-state index in [0.717, 1.165) is 35.8 Å². The number of carbonyl (C=O) groups excluding carboxylic acids is 2. The van der Waals surface area contributed by atoms with E-state index in [0.29, 0.717) is 6.42 Å². The monoisotopic (exact) mass is 523 g/mol. The molecule has 3 rings (SSSR count). The van der Waals surface area contributed by atoms with Gasteiger partial charge < -0.3 is 31.6 Å². The van der Waals surface area contributed by atoms with Crippen molar-refractivity contribution in [3.63, 3.8) is 0 Å². The highest BCUT2D eigenvalue weighted by atomic mass is 32.2. The van der Waals surface area contributed by atoms with Crippen LogP contribution in [0.2, 0.25) is 0 Å². The van der Waals surface area contributed by atoms with Crippen molar-refractivity contribution in [1.82, 2.24) is 20.2 Å². The zero-order valence-corrected chi connectivity index (χ0v) is 21.9. The minimum Gasteiger partial charge on any atom is -0.480 e. The van der Waals surface area contributed by atoms with Crippen LogP contribution in [-0.2, 0) is 27.3 Å². The van der Waals surface area contributed by atoms with Crippen LogP contribution >= 0.6 is 11.8 Å². The number of H-pyrrole nitrogens is 1. The number of aliphatic carboxylic acids is 1. The number of guanidine groups is 1. The second-order valence-electron chi connectivity index (χ2n) is 10.1. The zero-order chi connectivity index (χ0) is 26.5. The number of nitrogens with zero attached hydrogens (tertiary/aromatic N) is 3. The first kappa shape index (κ1) is 27.6. The Morgan fingerprint density at radius 3 is 2.69 bits per heavy atom. The molecular formula is C23H37N7O5S. The summed E-state index contributed by atoms with van der Waals surface area (Å²) in [7, 11) is 0. The number of aromatic nitrogens is 2. The lowest BCUT2D eigenvalue weighted by molar-refractivity contribution is -0.143. The molecule has 0 radical (unpaired) electrons. The standard InChI is InChI=1S/C23H37N7O5S/c1-23(2,3)35-22(34)30-12-15-14(27-18(28-15)17-8-4-5-10-36-17)11-16(30)19(31)29-13(20(32)33)7-6-9-26-21(24)25/h13,16-17H,4-12H2,1-3H3,(H,27,28)(H,29,31)(H,32,33)(H4,24,25,26)/t13-,16-,17?/m0/s1. The fraction of sp³-hybridized carbons (Fsp3) is 0.696. The van der Waals surface area contributed by atoms with E-state index >= 15 is 0 Å². The molecule has 36 heavy (non-hydrogen) atoms. The van der Waals surface area contributed by atoms with Crippen molar-refractivity contribution in [2.24, 2.45) is 16.5 Å². The Hall–Kier alpha value is -2.96. The third-order valence-corrected chi connectivity index (χ3v) is 7.34. The first-order valence-corrected chi connectivity index (χ1v) is 13.3. The quantitative estimate of drug-likeness (QED) is 0.192. The van der Waals surface area contributed by atoms with Crippen LogP contribution in [0.3, 0.4) is 0 Å². The minimum atomic E-state index is -1.18. The predicted molar refractivity (Wildman–Crippen MR) is 136 cm³/mol. The molecule has 1 aromatic heterocycles. The molecule has 1 unspecified atom stereocenters. The molecular weight excluding hydrogens is 486 g/mol. The molecule has 13 heteroatoms. The Bertz CT molecular complexity index is 980. The lowest BCUT2D eigenvalue weighted by atomic mass is 10.0. The Morgan fingerprint density at radius 1 is 1.33 bits per heavy atom. The fourth-order valence-electron chi connectivity index (χ4n) is 4.23. The average Bonchev–Trinajstić information content (AvgIpc) is 3.22. The number of ether oxygens (including phenoxy) is 1. The van der Waals surface area contributed by atoms with Crippen LogP contribution < -0.4 is 16.8 Å². The number of hydrogen-bond acceptors (Lipinski definition) is 7.